The number of hydrogen-bond acceptors (Lipinski definition) is 14. The summed E-state index contributed by atoms with van der Waals surface area (Å²) in [6, 6.07) is 0. The van der Waals surface area contributed by atoms with E-state index in [0.717, 1.165) is 7.11 Å². The largest absolute Gasteiger partial charge is 0.475 e. The van der Waals surface area contributed by atoms with Gasteiger partial charge in [-0.05, 0) is 19.6 Å². The summed E-state index contributed by atoms with van der Waals surface area (Å²) in [7, 11) is -4.01. The van der Waals surface area contributed by atoms with Crippen molar-refractivity contribution in [2.45, 2.75) is 82.2 Å². The highest BCUT2D eigenvalue weighted by Gasteiger charge is 2.51. The van der Waals surface area contributed by atoms with Gasteiger partial charge in [0.05, 0.1) is 13.2 Å². The Hall–Kier alpha value is -0.330. The van der Waals surface area contributed by atoms with E-state index in [-0.39, 0.29) is 0 Å². The summed E-state index contributed by atoms with van der Waals surface area (Å²) < 4.78 is 36.5. The third-order valence-electron chi connectivity index (χ3n) is 5.77. The molecule has 16 heteroatoms. The number of aliphatic hydroxyl groups excluding tert-OH is 7. The minimum Gasteiger partial charge on any atom is -0.394 e. The Labute approximate surface area is 204 Å². The first-order chi connectivity index (χ1) is 16.4. The Bertz CT molecular complexity index is 635. The predicted octanol–water partition coefficient (Wildman–Crippen LogP) is -3.28. The molecule has 0 amide bonds. The van der Waals surface area contributed by atoms with Crippen LogP contribution >= 0.6 is 7.82 Å². The number of rotatable bonds is 10. The first-order valence-electron chi connectivity index (χ1n) is 11.3. The lowest BCUT2D eigenvalue weighted by Gasteiger charge is -2.42. The van der Waals surface area contributed by atoms with Gasteiger partial charge in [0.25, 0.3) is 0 Å². The maximum Gasteiger partial charge on any atom is 0.475 e. The van der Waals surface area contributed by atoms with E-state index in [1.54, 1.807) is 0 Å². The number of phosphoric acid groups is 1. The van der Waals surface area contributed by atoms with Crippen LogP contribution in [0.2, 0.25) is 0 Å². The second-order valence-electron chi connectivity index (χ2n) is 7.90. The summed E-state index contributed by atoms with van der Waals surface area (Å²) in [5.41, 5.74) is 0. The van der Waals surface area contributed by atoms with Gasteiger partial charge in [-0.2, -0.15) is 0 Å². The highest BCUT2D eigenvalue weighted by molar-refractivity contribution is 7.47. The lowest BCUT2D eigenvalue weighted by atomic mass is 9.99. The van der Waals surface area contributed by atoms with Crippen LogP contribution in [0.3, 0.4) is 0 Å². The van der Waals surface area contributed by atoms with Crippen molar-refractivity contribution in [3.05, 3.63) is 0 Å². The maximum atomic E-state index is 12.3. The van der Waals surface area contributed by atoms with E-state index in [0.29, 0.717) is 0 Å². The summed E-state index contributed by atoms with van der Waals surface area (Å²) in [4.78, 5) is 12.3. The van der Waals surface area contributed by atoms with Gasteiger partial charge < -0.3 is 59.7 Å². The van der Waals surface area contributed by atoms with Gasteiger partial charge in [0.15, 0.2) is 12.6 Å². The molecule has 11 atom stereocenters. The van der Waals surface area contributed by atoms with Gasteiger partial charge in [0.2, 0.25) is 0 Å². The van der Waals surface area contributed by atoms with Crippen LogP contribution in [-0.4, -0.2) is 147 Å². The Morgan fingerprint density at radius 2 is 1.31 bits per heavy atom. The van der Waals surface area contributed by atoms with E-state index in [4.69, 9.17) is 23.3 Å². The summed E-state index contributed by atoms with van der Waals surface area (Å²) >= 11 is 0. The van der Waals surface area contributed by atoms with Gasteiger partial charge in [-0.3, -0.25) is 9.05 Å². The lowest BCUT2D eigenvalue weighted by molar-refractivity contribution is -0.295. The molecule has 2 aliphatic rings. The molecule has 0 bridgehead atoms. The number of methoxy groups -OCH3 is 1. The molecular formula is C19H40NO14P. The molecule has 210 valence electrons. The second-order valence-corrected chi connectivity index (χ2v) is 9.26. The Morgan fingerprint density at radius 3 is 1.74 bits per heavy atom. The molecule has 2 saturated heterocycles. The molecule has 8 N–H and O–H groups in total. The molecule has 2 rings (SSSR count). The number of ether oxygens (including phenoxy) is 3. The summed E-state index contributed by atoms with van der Waals surface area (Å²) in [6.07, 6.45) is -16.8. The topological polar surface area (TPSA) is 228 Å². The summed E-state index contributed by atoms with van der Waals surface area (Å²) in [5, 5.41) is 67.5. The minimum absolute atomic E-state index is 0.726. The van der Waals surface area contributed by atoms with E-state index >= 15 is 0 Å². The van der Waals surface area contributed by atoms with Gasteiger partial charge >= 0.3 is 7.82 Å². The monoisotopic (exact) mass is 537 g/mol. The summed E-state index contributed by atoms with van der Waals surface area (Å²) in [5.74, 6) is 0. The fourth-order valence-corrected chi connectivity index (χ4v) is 4.65. The Kier molecular flexibility index (Phi) is 14.2. The smallest absolute Gasteiger partial charge is 0.394 e. The first kappa shape index (κ1) is 32.7. The van der Waals surface area contributed by atoms with Crippen LogP contribution in [-0.2, 0) is 27.8 Å². The average Bonchev–Trinajstić information content (AvgIpc) is 2.83. The zero-order valence-corrected chi connectivity index (χ0v) is 21.1. The molecule has 15 nitrogen and oxygen atoms in total. The van der Waals surface area contributed by atoms with Crippen molar-refractivity contribution in [3.63, 3.8) is 0 Å². The van der Waals surface area contributed by atoms with Gasteiger partial charge in [-0.25, -0.2) is 4.57 Å². The molecule has 0 spiro atoms. The van der Waals surface area contributed by atoms with Crippen molar-refractivity contribution in [2.75, 3.05) is 40.0 Å². The van der Waals surface area contributed by atoms with Crippen LogP contribution in [0.1, 0.15) is 20.8 Å². The SMILES string of the molecule is CCN(CC)CC.CO[C@@H]1[C@@H](O)[C@@H](OP(=O)(O)O[C@H]2[C@H](O)[C@@H](O)C(O)O[C@@H]2CO)O[C@H](CO)[C@H]1O. The van der Waals surface area contributed by atoms with Crippen molar-refractivity contribution in [2.24, 2.45) is 0 Å². The number of hydrogen-bond donors (Lipinski definition) is 8. The third kappa shape index (κ3) is 8.88. The normalized spacial score (nSPS) is 39.6. The van der Waals surface area contributed by atoms with Crippen molar-refractivity contribution < 1.29 is 68.5 Å². The molecule has 0 aromatic heterocycles. The third-order valence-corrected chi connectivity index (χ3v) is 6.75. The van der Waals surface area contributed by atoms with Crippen molar-refractivity contribution >= 4 is 7.82 Å². The number of nitrogens with zero attached hydrogens (tertiary/aromatic N) is 1. The highest BCUT2D eigenvalue weighted by Crippen LogP contribution is 2.49. The average molecular weight is 537 g/mol. The summed E-state index contributed by atoms with van der Waals surface area (Å²) in [6.45, 7) is 8.55. The molecule has 0 aromatic carbocycles. The molecule has 0 aliphatic carbocycles. The van der Waals surface area contributed by atoms with Gasteiger partial charge in [0.1, 0.15) is 48.8 Å². The molecule has 0 aromatic rings. The fourth-order valence-electron chi connectivity index (χ4n) is 3.60. The molecule has 2 aliphatic heterocycles. The van der Waals surface area contributed by atoms with Crippen LogP contribution in [0.5, 0.6) is 0 Å². The van der Waals surface area contributed by atoms with E-state index in [1.165, 1.54) is 19.6 Å². The van der Waals surface area contributed by atoms with Crippen LogP contribution in [0.4, 0.5) is 0 Å². The fraction of sp³-hybridized carbons (Fsp3) is 1.00. The lowest BCUT2D eigenvalue weighted by Crippen LogP contribution is -2.60. The van der Waals surface area contributed by atoms with Gasteiger partial charge in [-0.1, -0.05) is 20.8 Å². The standard InChI is InChI=1S/C13H25O14P.C6H15N/c1-23-11-6(16)4(2-14)25-13(9(11)19)27-28(21,22)26-10-5(3-15)24-12(20)8(18)7(10)17;1-4-7(5-2)6-3/h4-20H,2-3H2,1H3,(H,21,22);4-6H2,1-3H3/t4-,5-,6-,7-,8-,9-,10-,11+,12?,13-;/m1./s1. The zero-order valence-electron chi connectivity index (χ0n) is 20.2. The van der Waals surface area contributed by atoms with Crippen molar-refractivity contribution in [1.29, 1.82) is 0 Å². The highest BCUT2D eigenvalue weighted by atomic mass is 31.2. The molecule has 2 heterocycles. The van der Waals surface area contributed by atoms with Crippen LogP contribution < -0.4 is 0 Å². The van der Waals surface area contributed by atoms with Gasteiger partial charge in [0, 0.05) is 7.11 Å². The Balaban J connectivity index is 0.000000762. The number of aliphatic hydroxyl groups is 7. The van der Waals surface area contributed by atoms with Crippen LogP contribution in [0, 0.1) is 0 Å². The van der Waals surface area contributed by atoms with E-state index in [2.05, 4.69) is 25.7 Å². The van der Waals surface area contributed by atoms with E-state index < -0.39 is 82.4 Å². The minimum atomic E-state index is -5.14. The molecule has 35 heavy (non-hydrogen) atoms. The van der Waals surface area contributed by atoms with E-state index in [9.17, 15) is 45.2 Å². The molecule has 0 saturated carbocycles. The zero-order chi connectivity index (χ0) is 26.9. The molecule has 2 fully saturated rings. The van der Waals surface area contributed by atoms with Gasteiger partial charge in [-0.15, -0.1) is 0 Å². The molecular weight excluding hydrogens is 497 g/mol. The molecule has 2 unspecified atom stereocenters. The first-order valence-corrected chi connectivity index (χ1v) is 12.8. The van der Waals surface area contributed by atoms with Crippen molar-refractivity contribution in [1.82, 2.24) is 4.90 Å². The Morgan fingerprint density at radius 1 is 0.771 bits per heavy atom. The number of phosphoric ester groups is 1. The quantitative estimate of drug-likeness (QED) is 0.128. The second kappa shape index (κ2) is 15.2. The van der Waals surface area contributed by atoms with E-state index in [1.807, 2.05) is 0 Å². The molecule has 0 radical (unpaired) electrons. The van der Waals surface area contributed by atoms with Crippen LogP contribution in [0.25, 0.3) is 0 Å². The van der Waals surface area contributed by atoms with Crippen LogP contribution in [0.15, 0.2) is 0 Å². The van der Waals surface area contributed by atoms with Crippen molar-refractivity contribution in [3.8, 4) is 0 Å². The maximum absolute atomic E-state index is 12.3. The predicted molar refractivity (Wildman–Crippen MR) is 118 cm³/mol.